The summed E-state index contributed by atoms with van der Waals surface area (Å²) in [6.07, 6.45) is 2.79. The summed E-state index contributed by atoms with van der Waals surface area (Å²) in [7, 11) is 0. The Morgan fingerprint density at radius 1 is 1.38 bits per heavy atom. The first kappa shape index (κ1) is 14.2. The van der Waals surface area contributed by atoms with Gasteiger partial charge in [-0.1, -0.05) is 6.07 Å². The number of anilines is 1. The number of hydrogen-bond donors (Lipinski definition) is 3. The van der Waals surface area contributed by atoms with Gasteiger partial charge in [0.2, 0.25) is 0 Å². The minimum absolute atomic E-state index is 0.0788. The van der Waals surface area contributed by atoms with Crippen LogP contribution in [-0.4, -0.2) is 11.0 Å². The molecule has 1 aromatic carbocycles. The Labute approximate surface area is 121 Å². The van der Waals surface area contributed by atoms with Gasteiger partial charge in [-0.15, -0.1) is 0 Å². The molecule has 3 N–H and O–H groups in total. The number of amides is 1. The minimum Gasteiger partial charge on any atom is -0.508 e. The van der Waals surface area contributed by atoms with Gasteiger partial charge in [-0.25, -0.2) is 0 Å². The van der Waals surface area contributed by atoms with Gasteiger partial charge < -0.3 is 20.2 Å². The van der Waals surface area contributed by atoms with Gasteiger partial charge in [0.1, 0.15) is 23.2 Å². The van der Waals surface area contributed by atoms with Crippen LogP contribution in [0.1, 0.15) is 5.76 Å². The summed E-state index contributed by atoms with van der Waals surface area (Å²) in [5, 5.41) is 23.7. The first-order chi connectivity index (χ1) is 10.2. The van der Waals surface area contributed by atoms with Crippen molar-refractivity contribution in [1.82, 2.24) is 5.32 Å². The molecule has 0 bridgehead atoms. The zero-order valence-electron chi connectivity index (χ0n) is 11.0. The molecular weight excluding hydrogens is 270 g/mol. The van der Waals surface area contributed by atoms with E-state index in [4.69, 9.17) is 9.68 Å². The molecule has 0 saturated carbocycles. The second-order valence-electron chi connectivity index (χ2n) is 4.13. The Balaban J connectivity index is 1.96. The van der Waals surface area contributed by atoms with Crippen LogP contribution in [0.5, 0.6) is 5.75 Å². The van der Waals surface area contributed by atoms with Gasteiger partial charge in [-0.3, -0.25) is 4.79 Å². The van der Waals surface area contributed by atoms with Crippen molar-refractivity contribution in [3.63, 3.8) is 0 Å². The summed E-state index contributed by atoms with van der Waals surface area (Å²) < 4.78 is 5.08. The Morgan fingerprint density at radius 3 is 2.90 bits per heavy atom. The van der Waals surface area contributed by atoms with E-state index in [1.165, 1.54) is 24.6 Å². The highest BCUT2D eigenvalue weighted by Gasteiger charge is 2.09. The van der Waals surface area contributed by atoms with Gasteiger partial charge in [0.25, 0.3) is 5.91 Å². The number of benzene rings is 1. The van der Waals surface area contributed by atoms with E-state index in [-0.39, 0.29) is 17.9 Å². The van der Waals surface area contributed by atoms with E-state index in [0.29, 0.717) is 11.4 Å². The second-order valence-corrected chi connectivity index (χ2v) is 4.13. The lowest BCUT2D eigenvalue weighted by Gasteiger charge is -2.04. The summed E-state index contributed by atoms with van der Waals surface area (Å²) in [5.41, 5.74) is 0.492. The molecule has 0 saturated heterocycles. The predicted octanol–water partition coefficient (Wildman–Crippen LogP) is 2.12. The minimum atomic E-state index is -0.512. The molecule has 0 aliphatic rings. The third-order valence-corrected chi connectivity index (χ3v) is 2.60. The molecule has 0 aliphatic heterocycles. The molecule has 6 nitrogen and oxygen atoms in total. The monoisotopic (exact) mass is 283 g/mol. The van der Waals surface area contributed by atoms with Crippen molar-refractivity contribution >= 4 is 11.6 Å². The van der Waals surface area contributed by atoms with E-state index in [1.807, 2.05) is 6.07 Å². The second kappa shape index (κ2) is 6.82. The first-order valence-corrected chi connectivity index (χ1v) is 6.15. The molecule has 1 heterocycles. The van der Waals surface area contributed by atoms with E-state index in [1.54, 1.807) is 24.3 Å². The van der Waals surface area contributed by atoms with Gasteiger partial charge >= 0.3 is 0 Å². The van der Waals surface area contributed by atoms with Gasteiger partial charge in [-0.05, 0) is 24.3 Å². The number of aromatic hydroxyl groups is 1. The third-order valence-electron chi connectivity index (χ3n) is 2.60. The number of phenolic OH excluding ortho intramolecular Hbond substituents is 1. The largest absolute Gasteiger partial charge is 0.508 e. The average Bonchev–Trinajstić information content (AvgIpc) is 2.99. The van der Waals surface area contributed by atoms with E-state index >= 15 is 0 Å². The van der Waals surface area contributed by atoms with E-state index < -0.39 is 5.91 Å². The summed E-state index contributed by atoms with van der Waals surface area (Å²) in [4.78, 5) is 11.8. The van der Waals surface area contributed by atoms with E-state index in [2.05, 4.69) is 10.6 Å². The standard InChI is InChI=1S/C15H13N3O3/c16-8-11(9-17-12-3-1-4-13(19)7-12)15(20)18-10-14-5-2-6-21-14/h1-7,9,17,19H,10H2,(H,18,20)/b11-9-. The van der Waals surface area contributed by atoms with Crippen molar-refractivity contribution in [1.29, 1.82) is 5.26 Å². The molecule has 2 rings (SSSR count). The Bertz CT molecular complexity index is 684. The van der Waals surface area contributed by atoms with Crippen molar-refractivity contribution in [2.24, 2.45) is 0 Å². The van der Waals surface area contributed by atoms with Crippen LogP contribution < -0.4 is 10.6 Å². The molecule has 1 aromatic heterocycles. The topological polar surface area (TPSA) is 98.3 Å². The first-order valence-electron chi connectivity index (χ1n) is 6.15. The van der Waals surface area contributed by atoms with Gasteiger partial charge in [0, 0.05) is 18.0 Å². The summed E-state index contributed by atoms with van der Waals surface area (Å²) in [6.45, 7) is 0.205. The Morgan fingerprint density at radius 2 is 2.24 bits per heavy atom. The fraction of sp³-hybridized carbons (Fsp3) is 0.0667. The molecule has 0 fully saturated rings. The number of carbonyl (C=O) groups excluding carboxylic acids is 1. The zero-order chi connectivity index (χ0) is 15.1. The molecule has 0 unspecified atom stereocenters. The van der Waals surface area contributed by atoms with Crippen molar-refractivity contribution in [3.05, 3.63) is 60.2 Å². The zero-order valence-corrected chi connectivity index (χ0v) is 11.0. The van der Waals surface area contributed by atoms with Crippen molar-refractivity contribution < 1.29 is 14.3 Å². The van der Waals surface area contributed by atoms with Gasteiger partial charge in [-0.2, -0.15) is 5.26 Å². The third kappa shape index (κ3) is 4.14. The van der Waals surface area contributed by atoms with Crippen LogP contribution in [0.3, 0.4) is 0 Å². The average molecular weight is 283 g/mol. The SMILES string of the molecule is N#C/C(=C/Nc1cccc(O)c1)C(=O)NCc1ccco1. The van der Waals surface area contributed by atoms with Gasteiger partial charge in [0.15, 0.2) is 0 Å². The van der Waals surface area contributed by atoms with Crippen LogP contribution >= 0.6 is 0 Å². The molecule has 2 aromatic rings. The van der Waals surface area contributed by atoms with Crippen LogP contribution in [0, 0.1) is 11.3 Å². The van der Waals surface area contributed by atoms with Crippen LogP contribution in [0.25, 0.3) is 0 Å². The number of nitriles is 1. The molecule has 6 heteroatoms. The van der Waals surface area contributed by atoms with Crippen molar-refractivity contribution in [2.75, 3.05) is 5.32 Å². The van der Waals surface area contributed by atoms with Crippen LogP contribution in [0.15, 0.2) is 58.9 Å². The van der Waals surface area contributed by atoms with E-state index in [0.717, 1.165) is 0 Å². The Hall–Kier alpha value is -3.20. The highest BCUT2D eigenvalue weighted by molar-refractivity contribution is 5.97. The smallest absolute Gasteiger partial charge is 0.263 e. The van der Waals surface area contributed by atoms with Gasteiger partial charge in [0.05, 0.1) is 12.8 Å². The molecule has 1 amide bonds. The summed E-state index contributed by atoms with van der Waals surface area (Å²) >= 11 is 0. The highest BCUT2D eigenvalue weighted by Crippen LogP contribution is 2.15. The molecule has 21 heavy (non-hydrogen) atoms. The lowest BCUT2D eigenvalue weighted by Crippen LogP contribution is -2.24. The maximum Gasteiger partial charge on any atom is 0.263 e. The number of nitrogens with one attached hydrogen (secondary N) is 2. The fourth-order valence-corrected chi connectivity index (χ4v) is 1.58. The number of phenols is 1. The summed E-state index contributed by atoms with van der Waals surface area (Å²) in [5.74, 6) is 0.178. The lowest BCUT2D eigenvalue weighted by atomic mass is 10.2. The number of hydrogen-bond acceptors (Lipinski definition) is 5. The normalized spacial score (nSPS) is 10.7. The molecule has 0 aliphatic carbocycles. The number of rotatable bonds is 5. The summed E-state index contributed by atoms with van der Waals surface area (Å²) in [6, 6.07) is 11.6. The number of carbonyl (C=O) groups is 1. The Kier molecular flexibility index (Phi) is 4.62. The van der Waals surface area contributed by atoms with Crippen molar-refractivity contribution in [3.8, 4) is 11.8 Å². The molecule has 0 spiro atoms. The molecular formula is C15H13N3O3. The lowest BCUT2D eigenvalue weighted by molar-refractivity contribution is -0.117. The van der Waals surface area contributed by atoms with Crippen LogP contribution in [-0.2, 0) is 11.3 Å². The fourth-order valence-electron chi connectivity index (χ4n) is 1.58. The van der Waals surface area contributed by atoms with Crippen molar-refractivity contribution in [2.45, 2.75) is 6.54 Å². The molecule has 0 atom stereocenters. The maximum atomic E-state index is 11.8. The molecule has 0 radical (unpaired) electrons. The maximum absolute atomic E-state index is 11.8. The van der Waals surface area contributed by atoms with E-state index in [9.17, 15) is 9.90 Å². The molecule has 106 valence electrons. The number of nitrogens with zero attached hydrogens (tertiary/aromatic N) is 1. The van der Waals surface area contributed by atoms with Crippen LogP contribution in [0.2, 0.25) is 0 Å². The highest BCUT2D eigenvalue weighted by atomic mass is 16.3. The predicted molar refractivity (Wildman–Crippen MR) is 76.0 cm³/mol. The number of furan rings is 1. The van der Waals surface area contributed by atoms with Crippen LogP contribution in [0.4, 0.5) is 5.69 Å². The quantitative estimate of drug-likeness (QED) is 0.576.